The van der Waals surface area contributed by atoms with Gasteiger partial charge in [0.05, 0.1) is 6.61 Å². The molecule has 4 nitrogen and oxygen atoms in total. The Balaban J connectivity index is 2.42. The minimum atomic E-state index is -1.44. The first kappa shape index (κ1) is 11.8. The van der Waals surface area contributed by atoms with Gasteiger partial charge in [-0.3, -0.25) is 4.99 Å². The lowest BCUT2D eigenvalue weighted by Crippen LogP contribution is -2.18. The number of benzene rings is 1. The van der Waals surface area contributed by atoms with Crippen molar-refractivity contribution in [1.29, 1.82) is 0 Å². The summed E-state index contributed by atoms with van der Waals surface area (Å²) in [5.41, 5.74) is 11.5. The maximum Gasteiger partial charge on any atom is 0.150 e. The average Bonchev–Trinajstić information content (AvgIpc) is 2.44. The van der Waals surface area contributed by atoms with E-state index in [-0.39, 0.29) is 24.6 Å². The van der Waals surface area contributed by atoms with Crippen molar-refractivity contribution < 1.29 is 13.5 Å². The van der Waals surface area contributed by atoms with E-state index in [0.29, 0.717) is 5.69 Å². The number of aliphatic imine (C=N–C) groups is 1. The molecule has 1 aromatic rings. The second-order valence-corrected chi connectivity index (χ2v) is 3.88. The third kappa shape index (κ3) is 2.52. The van der Waals surface area contributed by atoms with Gasteiger partial charge in [-0.25, -0.2) is 8.78 Å². The van der Waals surface area contributed by atoms with Gasteiger partial charge < -0.3 is 16.2 Å². The van der Waals surface area contributed by atoms with Gasteiger partial charge in [-0.15, -0.1) is 0 Å². The molecule has 1 aromatic carbocycles. The summed E-state index contributed by atoms with van der Waals surface area (Å²) in [5, 5.41) is 0. The molecule has 0 spiro atoms. The topological polar surface area (TPSA) is 73.6 Å². The quantitative estimate of drug-likeness (QED) is 0.725. The van der Waals surface area contributed by atoms with Gasteiger partial charge in [0.15, 0.2) is 0 Å². The Morgan fingerprint density at radius 1 is 1.35 bits per heavy atom. The van der Waals surface area contributed by atoms with E-state index < -0.39 is 18.0 Å². The Morgan fingerprint density at radius 2 is 2.12 bits per heavy atom. The van der Waals surface area contributed by atoms with Crippen molar-refractivity contribution >= 4 is 11.5 Å². The Labute approximate surface area is 97.3 Å². The van der Waals surface area contributed by atoms with Crippen molar-refractivity contribution in [3.05, 3.63) is 29.6 Å². The molecule has 1 aliphatic rings. The number of alkyl halides is 1. The highest BCUT2D eigenvalue weighted by Gasteiger charge is 2.28. The molecule has 2 unspecified atom stereocenters. The molecule has 1 heterocycles. The predicted octanol–water partition coefficient (Wildman–Crippen LogP) is 1.17. The first-order chi connectivity index (χ1) is 8.08. The van der Waals surface area contributed by atoms with Crippen molar-refractivity contribution in [2.75, 3.05) is 18.9 Å². The lowest BCUT2D eigenvalue weighted by atomic mass is 10.0. The van der Waals surface area contributed by atoms with E-state index in [2.05, 4.69) is 4.99 Å². The highest BCUT2D eigenvalue weighted by molar-refractivity contribution is 5.82. The van der Waals surface area contributed by atoms with Crippen LogP contribution < -0.4 is 11.5 Å². The smallest absolute Gasteiger partial charge is 0.150 e. The first-order valence-corrected chi connectivity index (χ1v) is 5.17. The third-order valence-electron chi connectivity index (χ3n) is 2.51. The van der Waals surface area contributed by atoms with Gasteiger partial charge in [-0.1, -0.05) is 0 Å². The number of rotatable bonds is 1. The van der Waals surface area contributed by atoms with Crippen molar-refractivity contribution in [3.63, 3.8) is 0 Å². The molecule has 17 heavy (non-hydrogen) atoms. The van der Waals surface area contributed by atoms with E-state index in [1.165, 1.54) is 18.2 Å². The zero-order chi connectivity index (χ0) is 12.4. The molecule has 4 N–H and O–H groups in total. The molecular formula is C11H13F2N3O. The van der Waals surface area contributed by atoms with Crippen LogP contribution in [0.25, 0.3) is 0 Å². The molecular weight excluding hydrogens is 228 g/mol. The SMILES string of the molecule is NC1=NC(c2cc(N)ccc2F)C(F)COC1. The lowest BCUT2D eigenvalue weighted by molar-refractivity contribution is 0.101. The van der Waals surface area contributed by atoms with Crippen LogP contribution in [0.3, 0.4) is 0 Å². The number of ether oxygens (including phenoxy) is 1. The maximum absolute atomic E-state index is 13.8. The van der Waals surface area contributed by atoms with Crippen LogP contribution >= 0.6 is 0 Å². The largest absolute Gasteiger partial charge is 0.399 e. The van der Waals surface area contributed by atoms with E-state index in [9.17, 15) is 8.78 Å². The third-order valence-corrected chi connectivity index (χ3v) is 2.51. The number of nitrogen functional groups attached to an aromatic ring is 1. The average molecular weight is 241 g/mol. The molecule has 0 amide bonds. The van der Waals surface area contributed by atoms with E-state index >= 15 is 0 Å². The lowest BCUT2D eigenvalue weighted by Gasteiger charge is -2.16. The van der Waals surface area contributed by atoms with Crippen LogP contribution in [0.1, 0.15) is 11.6 Å². The number of amidine groups is 1. The molecule has 2 atom stereocenters. The fraction of sp³-hybridized carbons (Fsp3) is 0.364. The molecule has 6 heteroatoms. The number of hydrogen-bond acceptors (Lipinski definition) is 4. The second kappa shape index (κ2) is 4.67. The van der Waals surface area contributed by atoms with Crippen LogP contribution in [0.2, 0.25) is 0 Å². The summed E-state index contributed by atoms with van der Waals surface area (Å²) in [6.45, 7) is -0.107. The number of halogens is 2. The molecule has 0 radical (unpaired) electrons. The van der Waals surface area contributed by atoms with Crippen LogP contribution in [0.5, 0.6) is 0 Å². The fourth-order valence-corrected chi connectivity index (χ4v) is 1.72. The van der Waals surface area contributed by atoms with Gasteiger partial charge in [0, 0.05) is 11.3 Å². The standard InChI is InChI=1S/C11H13F2N3O/c12-8-2-1-6(14)3-7(8)11-9(13)4-17-5-10(15)16-11/h1-3,9,11H,4-5,14H2,(H2,15,16). The molecule has 0 fully saturated rings. The van der Waals surface area contributed by atoms with Gasteiger partial charge in [0.25, 0.3) is 0 Å². The Kier molecular flexibility index (Phi) is 3.23. The van der Waals surface area contributed by atoms with Crippen LogP contribution in [0.4, 0.5) is 14.5 Å². The van der Waals surface area contributed by atoms with E-state index in [1.807, 2.05) is 0 Å². The Hall–Kier alpha value is -1.69. The summed E-state index contributed by atoms with van der Waals surface area (Å²) < 4.78 is 32.4. The highest BCUT2D eigenvalue weighted by Crippen LogP contribution is 2.29. The van der Waals surface area contributed by atoms with Crippen LogP contribution in [0.15, 0.2) is 23.2 Å². The minimum Gasteiger partial charge on any atom is -0.399 e. The molecule has 0 aromatic heterocycles. The first-order valence-electron chi connectivity index (χ1n) is 5.17. The number of nitrogens with two attached hydrogens (primary N) is 2. The molecule has 1 aliphatic heterocycles. The summed E-state index contributed by atoms with van der Waals surface area (Å²) >= 11 is 0. The summed E-state index contributed by atoms with van der Waals surface area (Å²) in [6.07, 6.45) is -1.44. The zero-order valence-electron chi connectivity index (χ0n) is 9.07. The molecule has 0 saturated heterocycles. The van der Waals surface area contributed by atoms with E-state index in [0.717, 1.165) is 0 Å². The molecule has 0 bridgehead atoms. The summed E-state index contributed by atoms with van der Waals surface area (Å²) in [4.78, 5) is 3.93. The zero-order valence-corrected chi connectivity index (χ0v) is 9.07. The van der Waals surface area contributed by atoms with E-state index in [4.69, 9.17) is 16.2 Å². The Morgan fingerprint density at radius 3 is 2.88 bits per heavy atom. The predicted molar refractivity (Wildman–Crippen MR) is 60.9 cm³/mol. The summed E-state index contributed by atoms with van der Waals surface area (Å²) in [6, 6.07) is 2.97. The number of anilines is 1. The van der Waals surface area contributed by atoms with Gasteiger partial charge in [-0.05, 0) is 18.2 Å². The van der Waals surface area contributed by atoms with Crippen molar-refractivity contribution in [2.45, 2.75) is 12.2 Å². The van der Waals surface area contributed by atoms with Gasteiger partial charge >= 0.3 is 0 Å². The normalized spacial score (nSPS) is 25.2. The van der Waals surface area contributed by atoms with Crippen molar-refractivity contribution in [1.82, 2.24) is 0 Å². The van der Waals surface area contributed by atoms with Gasteiger partial charge in [0.1, 0.15) is 30.5 Å². The fourth-order valence-electron chi connectivity index (χ4n) is 1.72. The van der Waals surface area contributed by atoms with Crippen molar-refractivity contribution in [3.8, 4) is 0 Å². The summed E-state index contributed by atoms with van der Waals surface area (Å²) in [7, 11) is 0. The molecule has 2 rings (SSSR count). The van der Waals surface area contributed by atoms with Crippen molar-refractivity contribution in [2.24, 2.45) is 10.7 Å². The maximum atomic E-state index is 13.8. The van der Waals surface area contributed by atoms with E-state index in [1.54, 1.807) is 0 Å². The minimum absolute atomic E-state index is 0.0564. The molecule has 92 valence electrons. The number of hydrogen-bond donors (Lipinski definition) is 2. The van der Waals surface area contributed by atoms with Crippen LogP contribution in [-0.2, 0) is 4.74 Å². The van der Waals surface area contributed by atoms with Crippen LogP contribution in [-0.4, -0.2) is 25.2 Å². The van der Waals surface area contributed by atoms with Gasteiger partial charge in [0.2, 0.25) is 0 Å². The molecule has 0 aliphatic carbocycles. The monoisotopic (exact) mass is 241 g/mol. The van der Waals surface area contributed by atoms with Crippen LogP contribution in [0, 0.1) is 5.82 Å². The number of nitrogens with zero attached hydrogens (tertiary/aromatic N) is 1. The Bertz CT molecular complexity index is 450. The summed E-state index contributed by atoms with van der Waals surface area (Å²) in [5.74, 6) is -0.401. The highest BCUT2D eigenvalue weighted by atomic mass is 19.1. The second-order valence-electron chi connectivity index (χ2n) is 3.88. The van der Waals surface area contributed by atoms with Gasteiger partial charge in [-0.2, -0.15) is 0 Å². The molecule has 0 saturated carbocycles.